The van der Waals surface area contributed by atoms with E-state index < -0.39 is 30.0 Å². The lowest BCUT2D eigenvalue weighted by atomic mass is 10.2. The minimum Gasteiger partial charge on any atom is -0.493 e. The number of para-hydroxylation sites is 1. The van der Waals surface area contributed by atoms with Gasteiger partial charge in [-0.3, -0.25) is 9.59 Å². The number of carbonyl (C=O) groups excluding carboxylic acids is 2. The molecule has 0 saturated heterocycles. The number of hydrogen-bond acceptors (Lipinski definition) is 5. The van der Waals surface area contributed by atoms with Crippen molar-refractivity contribution in [1.29, 1.82) is 0 Å². The second-order valence-corrected chi connectivity index (χ2v) is 5.68. The molecule has 0 fully saturated rings. The van der Waals surface area contributed by atoms with Crippen molar-refractivity contribution in [2.24, 2.45) is 5.10 Å². The van der Waals surface area contributed by atoms with Gasteiger partial charge in [-0.05, 0) is 30.3 Å². The highest BCUT2D eigenvalue weighted by atomic mass is 19.4. The summed E-state index contributed by atoms with van der Waals surface area (Å²) in [5.41, 5.74) is 1.72. The lowest BCUT2D eigenvalue weighted by Crippen LogP contribution is -2.24. The van der Waals surface area contributed by atoms with E-state index in [9.17, 15) is 22.8 Å². The Balaban J connectivity index is 1.93. The molecule has 2 amide bonds. The molecule has 7 nitrogen and oxygen atoms in total. The molecule has 0 atom stereocenters. The van der Waals surface area contributed by atoms with Gasteiger partial charge < -0.3 is 14.8 Å². The van der Waals surface area contributed by atoms with Crippen molar-refractivity contribution in [3.8, 4) is 11.5 Å². The first kappa shape index (κ1) is 21.7. The molecule has 154 valence electrons. The normalized spacial score (nSPS) is 11.2. The lowest BCUT2D eigenvalue weighted by molar-refractivity contribution is -0.137. The summed E-state index contributed by atoms with van der Waals surface area (Å²) in [4.78, 5) is 23.7. The Morgan fingerprint density at radius 1 is 1.07 bits per heavy atom. The number of halogens is 3. The number of ether oxygens (including phenoxy) is 2. The van der Waals surface area contributed by atoms with Gasteiger partial charge in [0.1, 0.15) is 6.42 Å². The Kier molecular flexibility index (Phi) is 7.18. The van der Waals surface area contributed by atoms with Crippen LogP contribution in [0.25, 0.3) is 0 Å². The summed E-state index contributed by atoms with van der Waals surface area (Å²) in [6.45, 7) is 0. The number of alkyl halides is 3. The molecule has 0 aliphatic rings. The molecule has 2 aromatic carbocycles. The molecule has 0 heterocycles. The molecule has 0 radical (unpaired) electrons. The maximum Gasteiger partial charge on any atom is 0.416 e. The maximum atomic E-state index is 12.7. The van der Waals surface area contributed by atoms with Crippen molar-refractivity contribution in [3.05, 3.63) is 53.6 Å². The van der Waals surface area contributed by atoms with Crippen LogP contribution in [-0.2, 0) is 15.8 Å². The van der Waals surface area contributed by atoms with Gasteiger partial charge in [-0.1, -0.05) is 12.1 Å². The number of benzene rings is 2. The zero-order valence-electron chi connectivity index (χ0n) is 15.5. The van der Waals surface area contributed by atoms with E-state index in [0.717, 1.165) is 18.2 Å². The van der Waals surface area contributed by atoms with E-state index in [1.54, 1.807) is 18.2 Å². The van der Waals surface area contributed by atoms with E-state index in [2.05, 4.69) is 15.8 Å². The van der Waals surface area contributed by atoms with Crippen LogP contribution in [-0.4, -0.2) is 32.2 Å². The van der Waals surface area contributed by atoms with Crippen LogP contribution in [0.4, 0.5) is 18.9 Å². The van der Waals surface area contributed by atoms with Crippen LogP contribution in [0.5, 0.6) is 11.5 Å². The van der Waals surface area contributed by atoms with Gasteiger partial charge in [-0.25, -0.2) is 5.43 Å². The molecule has 0 spiro atoms. The van der Waals surface area contributed by atoms with Crippen LogP contribution in [0.15, 0.2) is 47.6 Å². The molecule has 0 saturated carbocycles. The molecule has 0 aliphatic heterocycles. The summed E-state index contributed by atoms with van der Waals surface area (Å²) < 4.78 is 48.4. The van der Waals surface area contributed by atoms with Gasteiger partial charge >= 0.3 is 6.18 Å². The summed E-state index contributed by atoms with van der Waals surface area (Å²) in [6, 6.07) is 9.17. The molecule has 0 bridgehead atoms. The van der Waals surface area contributed by atoms with Crippen molar-refractivity contribution in [2.75, 3.05) is 19.5 Å². The van der Waals surface area contributed by atoms with E-state index in [0.29, 0.717) is 17.1 Å². The Labute approximate surface area is 164 Å². The molecular formula is C19H18F3N3O4. The predicted octanol–water partition coefficient (Wildman–Crippen LogP) is 3.20. The van der Waals surface area contributed by atoms with Crippen LogP contribution in [0.2, 0.25) is 0 Å². The quantitative estimate of drug-likeness (QED) is 0.418. The van der Waals surface area contributed by atoms with Crippen molar-refractivity contribution in [2.45, 2.75) is 12.6 Å². The first-order chi connectivity index (χ1) is 13.7. The Bertz CT molecular complexity index is 914. The van der Waals surface area contributed by atoms with Crippen LogP contribution < -0.4 is 20.2 Å². The molecule has 10 heteroatoms. The molecule has 29 heavy (non-hydrogen) atoms. The maximum absolute atomic E-state index is 12.7. The third-order valence-corrected chi connectivity index (χ3v) is 3.62. The zero-order chi connectivity index (χ0) is 21.4. The number of rotatable bonds is 7. The van der Waals surface area contributed by atoms with Crippen LogP contribution >= 0.6 is 0 Å². The molecular weight excluding hydrogens is 391 g/mol. The van der Waals surface area contributed by atoms with E-state index in [4.69, 9.17) is 9.47 Å². The second-order valence-electron chi connectivity index (χ2n) is 5.68. The number of methoxy groups -OCH3 is 2. The second kappa shape index (κ2) is 9.58. The highest BCUT2D eigenvalue weighted by molar-refractivity contribution is 6.03. The number of anilines is 1. The number of hydrogen-bond donors (Lipinski definition) is 2. The van der Waals surface area contributed by atoms with Gasteiger partial charge in [0.15, 0.2) is 11.5 Å². The predicted molar refractivity (Wildman–Crippen MR) is 100.0 cm³/mol. The number of amides is 2. The molecule has 0 unspecified atom stereocenters. The van der Waals surface area contributed by atoms with E-state index in [-0.39, 0.29) is 5.69 Å². The Hall–Kier alpha value is -3.56. The van der Waals surface area contributed by atoms with Gasteiger partial charge in [0.25, 0.3) is 0 Å². The largest absolute Gasteiger partial charge is 0.493 e. The third kappa shape index (κ3) is 6.23. The molecule has 2 N–H and O–H groups in total. The van der Waals surface area contributed by atoms with Crippen molar-refractivity contribution >= 4 is 23.7 Å². The summed E-state index contributed by atoms with van der Waals surface area (Å²) in [5.74, 6) is -0.637. The molecule has 0 aromatic heterocycles. The fraction of sp³-hybridized carbons (Fsp3) is 0.211. The SMILES string of the molecule is COc1cccc(/C=N\NC(=O)CC(=O)Nc2cccc(C(F)(F)F)c2)c1OC. The molecule has 2 rings (SSSR count). The number of nitrogens with zero attached hydrogens (tertiary/aromatic N) is 1. The first-order valence-electron chi connectivity index (χ1n) is 8.24. The summed E-state index contributed by atoms with van der Waals surface area (Å²) in [5, 5.41) is 5.98. The molecule has 2 aromatic rings. The standard InChI is InChI=1S/C19H18F3N3O4/c1-28-15-8-3-5-12(18(15)29-2)11-23-25-17(27)10-16(26)24-14-7-4-6-13(9-14)19(20,21)22/h3-9,11H,10H2,1-2H3,(H,24,26)(H,25,27)/b23-11-. The summed E-state index contributed by atoms with van der Waals surface area (Å²) in [7, 11) is 2.93. The first-order valence-corrected chi connectivity index (χ1v) is 8.24. The zero-order valence-corrected chi connectivity index (χ0v) is 15.5. The van der Waals surface area contributed by atoms with Crippen molar-refractivity contribution < 1.29 is 32.2 Å². The number of hydrazone groups is 1. The summed E-state index contributed by atoms with van der Waals surface area (Å²) >= 11 is 0. The topological polar surface area (TPSA) is 89.0 Å². The molecule has 0 aliphatic carbocycles. The Morgan fingerprint density at radius 3 is 2.45 bits per heavy atom. The minimum absolute atomic E-state index is 0.0674. The van der Waals surface area contributed by atoms with Gasteiger partial charge in [0, 0.05) is 11.3 Å². The minimum atomic E-state index is -4.53. The van der Waals surface area contributed by atoms with Gasteiger partial charge in [-0.2, -0.15) is 18.3 Å². The number of nitrogens with one attached hydrogen (secondary N) is 2. The average molecular weight is 409 g/mol. The van der Waals surface area contributed by atoms with Gasteiger partial charge in [0.2, 0.25) is 11.8 Å². The highest BCUT2D eigenvalue weighted by Crippen LogP contribution is 2.31. The van der Waals surface area contributed by atoms with Crippen LogP contribution in [0.1, 0.15) is 17.5 Å². The van der Waals surface area contributed by atoms with E-state index in [1.165, 1.54) is 26.5 Å². The Morgan fingerprint density at radius 2 is 1.79 bits per heavy atom. The summed E-state index contributed by atoms with van der Waals surface area (Å²) in [6.07, 6.45) is -3.85. The van der Waals surface area contributed by atoms with Gasteiger partial charge in [0.05, 0.1) is 26.0 Å². The smallest absolute Gasteiger partial charge is 0.416 e. The fourth-order valence-corrected chi connectivity index (χ4v) is 2.35. The van der Waals surface area contributed by atoms with Crippen LogP contribution in [0, 0.1) is 0 Å². The highest BCUT2D eigenvalue weighted by Gasteiger charge is 2.30. The average Bonchev–Trinajstić information content (AvgIpc) is 2.67. The van der Waals surface area contributed by atoms with E-state index in [1.807, 2.05) is 0 Å². The van der Waals surface area contributed by atoms with Gasteiger partial charge in [-0.15, -0.1) is 0 Å². The van der Waals surface area contributed by atoms with Crippen LogP contribution in [0.3, 0.4) is 0 Å². The van der Waals surface area contributed by atoms with Crippen molar-refractivity contribution in [3.63, 3.8) is 0 Å². The monoisotopic (exact) mass is 409 g/mol. The van der Waals surface area contributed by atoms with Crippen molar-refractivity contribution in [1.82, 2.24) is 5.43 Å². The lowest BCUT2D eigenvalue weighted by Gasteiger charge is -2.10. The number of carbonyl (C=O) groups is 2. The fourth-order valence-electron chi connectivity index (χ4n) is 2.35. The third-order valence-electron chi connectivity index (χ3n) is 3.62. The van der Waals surface area contributed by atoms with E-state index >= 15 is 0 Å².